The van der Waals surface area contributed by atoms with Crippen LogP contribution in [0.3, 0.4) is 0 Å². The smallest absolute Gasteiger partial charge is 0.343 e. The topological polar surface area (TPSA) is 79.2 Å². The van der Waals surface area contributed by atoms with Crippen molar-refractivity contribution in [1.29, 1.82) is 5.26 Å². The third-order valence-electron chi connectivity index (χ3n) is 2.15. The van der Waals surface area contributed by atoms with Gasteiger partial charge < -0.3 is 10.1 Å². The summed E-state index contributed by atoms with van der Waals surface area (Å²) < 4.78 is 17.2. The molecule has 0 aromatic rings. The summed E-state index contributed by atoms with van der Waals surface area (Å²) in [4.78, 5) is 23.1. The third kappa shape index (κ3) is 2.19. The second-order valence-corrected chi connectivity index (χ2v) is 3.13. The highest BCUT2D eigenvalue weighted by Crippen LogP contribution is 2.17. The molecule has 5 nitrogen and oxygen atoms in total. The minimum absolute atomic E-state index is 0.0253. The molecule has 1 aliphatic rings. The zero-order valence-corrected chi connectivity index (χ0v) is 8.75. The number of rotatable bonds is 3. The second-order valence-electron chi connectivity index (χ2n) is 3.13. The molecule has 0 bridgehead atoms. The van der Waals surface area contributed by atoms with Crippen LogP contribution in [0, 0.1) is 17.2 Å². The Hall–Kier alpha value is -1.90. The Labute approximate surface area is 91.9 Å². The van der Waals surface area contributed by atoms with Gasteiger partial charge in [-0.2, -0.15) is 5.26 Å². The van der Waals surface area contributed by atoms with Gasteiger partial charge in [0.2, 0.25) is 0 Å². The van der Waals surface area contributed by atoms with Gasteiger partial charge in [-0.1, -0.05) is 0 Å². The Kier molecular flexibility index (Phi) is 4.00. The lowest BCUT2D eigenvalue weighted by atomic mass is 9.93. The van der Waals surface area contributed by atoms with Gasteiger partial charge in [0.05, 0.1) is 18.4 Å². The van der Waals surface area contributed by atoms with Crippen LogP contribution in [-0.2, 0) is 14.3 Å². The average molecular weight is 226 g/mol. The summed E-state index contributed by atoms with van der Waals surface area (Å²) in [5, 5.41) is 11.2. The van der Waals surface area contributed by atoms with Crippen molar-refractivity contribution in [1.82, 2.24) is 5.32 Å². The zero-order chi connectivity index (χ0) is 12.1. The normalized spacial score (nSPS) is 20.1. The van der Waals surface area contributed by atoms with E-state index in [9.17, 15) is 14.0 Å². The number of alkyl halides is 1. The monoisotopic (exact) mass is 226 g/mol. The summed E-state index contributed by atoms with van der Waals surface area (Å²) in [6, 6.07) is 1.75. The lowest BCUT2D eigenvalue weighted by Crippen LogP contribution is -2.39. The molecule has 0 saturated carbocycles. The fourth-order valence-electron chi connectivity index (χ4n) is 1.37. The number of halogens is 1. The molecule has 0 radical (unpaired) electrons. The Balaban J connectivity index is 3.05. The highest BCUT2D eigenvalue weighted by molar-refractivity contribution is 6.20. The first-order chi connectivity index (χ1) is 7.65. The van der Waals surface area contributed by atoms with Crippen molar-refractivity contribution in [2.45, 2.75) is 6.92 Å². The van der Waals surface area contributed by atoms with Crippen LogP contribution in [0.5, 0.6) is 0 Å². The van der Waals surface area contributed by atoms with E-state index >= 15 is 0 Å². The van der Waals surface area contributed by atoms with Crippen LogP contribution in [0.15, 0.2) is 11.3 Å². The molecule has 0 aromatic heterocycles. The molecule has 0 saturated heterocycles. The number of nitrogens with zero attached hydrogens (tertiary/aromatic N) is 1. The molecule has 6 heteroatoms. The van der Waals surface area contributed by atoms with E-state index < -0.39 is 24.3 Å². The highest BCUT2D eigenvalue weighted by Gasteiger charge is 2.34. The van der Waals surface area contributed by atoms with Gasteiger partial charge in [0.1, 0.15) is 18.2 Å². The van der Waals surface area contributed by atoms with E-state index in [0.717, 1.165) is 0 Å². The van der Waals surface area contributed by atoms with Gasteiger partial charge in [-0.3, -0.25) is 4.79 Å². The highest BCUT2D eigenvalue weighted by atomic mass is 19.1. The van der Waals surface area contributed by atoms with Crippen molar-refractivity contribution < 1.29 is 18.7 Å². The number of allylic oxidation sites excluding steroid dienone is 1. The molecular formula is C10H11FN2O3. The zero-order valence-electron chi connectivity index (χ0n) is 8.75. The van der Waals surface area contributed by atoms with Crippen LogP contribution in [0.2, 0.25) is 0 Å². The SMILES string of the molecule is CCOC(=O)C1=C(CF)NCC(C#N)C1=O. The average Bonchev–Trinajstić information content (AvgIpc) is 2.28. The van der Waals surface area contributed by atoms with E-state index in [1.54, 1.807) is 13.0 Å². The fraction of sp³-hybridized carbons (Fsp3) is 0.500. The summed E-state index contributed by atoms with van der Waals surface area (Å²) in [6.45, 7) is 0.734. The summed E-state index contributed by atoms with van der Waals surface area (Å²) in [5.74, 6) is -2.52. The number of hydrogen-bond acceptors (Lipinski definition) is 5. The molecule has 86 valence electrons. The Bertz CT molecular complexity index is 384. The number of hydrogen-bond donors (Lipinski definition) is 1. The third-order valence-corrected chi connectivity index (χ3v) is 2.15. The molecule has 1 N–H and O–H groups in total. The van der Waals surface area contributed by atoms with E-state index in [1.807, 2.05) is 0 Å². The lowest BCUT2D eigenvalue weighted by molar-refractivity contribution is -0.140. The van der Waals surface area contributed by atoms with E-state index in [0.29, 0.717) is 0 Å². The van der Waals surface area contributed by atoms with Gasteiger partial charge in [-0.05, 0) is 6.92 Å². The van der Waals surface area contributed by atoms with Crippen LogP contribution in [0.1, 0.15) is 6.92 Å². The van der Waals surface area contributed by atoms with Gasteiger partial charge >= 0.3 is 5.97 Å². The van der Waals surface area contributed by atoms with Crippen molar-refractivity contribution in [3.63, 3.8) is 0 Å². The number of nitriles is 1. The van der Waals surface area contributed by atoms with Gasteiger partial charge in [0.15, 0.2) is 5.78 Å². The molecule has 16 heavy (non-hydrogen) atoms. The summed E-state index contributed by atoms with van der Waals surface area (Å²) in [5.41, 5.74) is -0.475. The van der Waals surface area contributed by atoms with Gasteiger partial charge in [0, 0.05) is 6.54 Å². The van der Waals surface area contributed by atoms with Crippen molar-refractivity contribution in [3.05, 3.63) is 11.3 Å². The molecule has 0 fully saturated rings. The van der Waals surface area contributed by atoms with Crippen molar-refractivity contribution in [2.24, 2.45) is 5.92 Å². The number of nitrogens with one attached hydrogen (secondary N) is 1. The number of ketones is 1. The van der Waals surface area contributed by atoms with Crippen molar-refractivity contribution in [3.8, 4) is 6.07 Å². The standard InChI is InChI=1S/C10H11FN2O3/c1-2-16-10(15)8-7(3-11)13-5-6(4-12)9(8)14/h6,13H,2-3,5H2,1H3. The van der Waals surface area contributed by atoms with Gasteiger partial charge in [-0.15, -0.1) is 0 Å². The van der Waals surface area contributed by atoms with E-state index in [4.69, 9.17) is 5.26 Å². The van der Waals surface area contributed by atoms with Crippen LogP contribution < -0.4 is 5.32 Å². The lowest BCUT2D eigenvalue weighted by Gasteiger charge is -2.21. The number of ether oxygens (including phenoxy) is 1. The molecule has 0 aromatic carbocycles. The van der Waals surface area contributed by atoms with Crippen LogP contribution in [-0.4, -0.2) is 31.6 Å². The molecule has 1 unspecified atom stereocenters. The second kappa shape index (κ2) is 5.26. The molecule has 0 amide bonds. The van der Waals surface area contributed by atoms with E-state index in [-0.39, 0.29) is 24.4 Å². The van der Waals surface area contributed by atoms with Gasteiger partial charge in [-0.25, -0.2) is 9.18 Å². The number of carbonyl (C=O) groups excluding carboxylic acids is 2. The number of esters is 1. The largest absolute Gasteiger partial charge is 0.462 e. The summed E-state index contributed by atoms with van der Waals surface area (Å²) >= 11 is 0. The number of carbonyl (C=O) groups is 2. The molecule has 1 aliphatic heterocycles. The van der Waals surface area contributed by atoms with Gasteiger partial charge in [0.25, 0.3) is 0 Å². The van der Waals surface area contributed by atoms with Crippen LogP contribution >= 0.6 is 0 Å². The van der Waals surface area contributed by atoms with Crippen molar-refractivity contribution >= 4 is 11.8 Å². The van der Waals surface area contributed by atoms with E-state index in [1.165, 1.54) is 0 Å². The Morgan fingerprint density at radius 1 is 1.75 bits per heavy atom. The maximum absolute atomic E-state index is 12.6. The molecule has 1 heterocycles. The van der Waals surface area contributed by atoms with Crippen LogP contribution in [0.25, 0.3) is 0 Å². The molecular weight excluding hydrogens is 215 g/mol. The van der Waals surface area contributed by atoms with Crippen molar-refractivity contribution in [2.75, 3.05) is 19.8 Å². The maximum atomic E-state index is 12.6. The quantitative estimate of drug-likeness (QED) is 0.544. The molecule has 1 rings (SSSR count). The Morgan fingerprint density at radius 3 is 2.94 bits per heavy atom. The predicted molar refractivity (Wildman–Crippen MR) is 51.7 cm³/mol. The summed E-state index contributed by atoms with van der Waals surface area (Å²) in [7, 11) is 0. The predicted octanol–water partition coefficient (Wildman–Crippen LogP) is 0.0852. The van der Waals surface area contributed by atoms with E-state index in [2.05, 4.69) is 10.1 Å². The van der Waals surface area contributed by atoms with Crippen LogP contribution in [0.4, 0.5) is 4.39 Å². The maximum Gasteiger partial charge on any atom is 0.343 e. The fourth-order valence-corrected chi connectivity index (χ4v) is 1.37. The minimum atomic E-state index is -0.963. The first-order valence-corrected chi connectivity index (χ1v) is 4.79. The summed E-state index contributed by atoms with van der Waals surface area (Å²) in [6.07, 6.45) is 0. The first kappa shape index (κ1) is 12.2. The molecule has 0 aliphatic carbocycles. The Morgan fingerprint density at radius 2 is 2.44 bits per heavy atom. The molecule has 0 spiro atoms. The minimum Gasteiger partial charge on any atom is -0.462 e. The first-order valence-electron chi connectivity index (χ1n) is 4.79. The molecule has 1 atom stereocenters. The number of Topliss-reactive ketones (excluding diaryl/α,β-unsaturated/α-hetero) is 1.